The zero-order valence-electron chi connectivity index (χ0n) is 16.0. The molecule has 2 aromatic rings. The van der Waals surface area contributed by atoms with Crippen LogP contribution >= 0.6 is 23.2 Å². The molecule has 1 atom stereocenters. The summed E-state index contributed by atoms with van der Waals surface area (Å²) in [7, 11) is -3.40. The molecule has 0 bridgehead atoms. The van der Waals surface area contributed by atoms with Crippen LogP contribution in [0.5, 0.6) is 0 Å². The van der Waals surface area contributed by atoms with Gasteiger partial charge in [-0.3, -0.25) is 4.79 Å². The molecule has 0 spiro atoms. The van der Waals surface area contributed by atoms with E-state index >= 15 is 0 Å². The number of piperidine rings is 1. The predicted octanol–water partition coefficient (Wildman–Crippen LogP) is 4.61. The van der Waals surface area contributed by atoms with Crippen molar-refractivity contribution in [1.82, 2.24) is 4.31 Å². The van der Waals surface area contributed by atoms with Crippen LogP contribution in [0.4, 0.5) is 5.69 Å². The van der Waals surface area contributed by atoms with Gasteiger partial charge in [0.1, 0.15) is 0 Å². The maximum absolute atomic E-state index is 12.8. The minimum absolute atomic E-state index is 0.0826. The summed E-state index contributed by atoms with van der Waals surface area (Å²) in [6, 6.07) is 14.7. The van der Waals surface area contributed by atoms with Crippen molar-refractivity contribution in [1.29, 1.82) is 0 Å². The molecule has 1 amide bonds. The zero-order chi connectivity index (χ0) is 20.9. The number of nitrogens with zero attached hydrogens (tertiary/aromatic N) is 1. The normalized spacial score (nSPS) is 17.8. The Bertz CT molecular complexity index is 952. The van der Waals surface area contributed by atoms with Crippen LogP contribution in [0.2, 0.25) is 10.0 Å². The number of sulfonamides is 1. The van der Waals surface area contributed by atoms with Gasteiger partial charge in [0.05, 0.1) is 22.4 Å². The summed E-state index contributed by atoms with van der Waals surface area (Å²) >= 11 is 12.0. The third-order valence-corrected chi connectivity index (χ3v) is 7.52. The smallest absolute Gasteiger partial charge is 0.228 e. The number of carbonyl (C=O) groups excluding carboxylic acids is 1. The monoisotopic (exact) mass is 454 g/mol. The summed E-state index contributed by atoms with van der Waals surface area (Å²) in [6.45, 7) is 0.657. The van der Waals surface area contributed by atoms with Crippen molar-refractivity contribution >= 4 is 44.8 Å². The Hall–Kier alpha value is -1.60. The molecular weight excluding hydrogens is 431 g/mol. The average Bonchev–Trinajstić information content (AvgIpc) is 2.71. The lowest BCUT2D eigenvalue weighted by Gasteiger charge is -2.31. The molecule has 2 aromatic carbocycles. The molecule has 156 valence electrons. The van der Waals surface area contributed by atoms with Gasteiger partial charge in [-0.15, -0.1) is 0 Å². The minimum Gasteiger partial charge on any atom is -0.324 e. The first-order valence-electron chi connectivity index (χ1n) is 9.63. The maximum Gasteiger partial charge on any atom is 0.228 e. The van der Waals surface area contributed by atoms with Crippen molar-refractivity contribution in [2.75, 3.05) is 24.2 Å². The molecular formula is C21H24Cl2N2O3S. The van der Waals surface area contributed by atoms with E-state index in [0.29, 0.717) is 48.0 Å². The van der Waals surface area contributed by atoms with Crippen molar-refractivity contribution in [2.24, 2.45) is 5.92 Å². The van der Waals surface area contributed by atoms with Crippen LogP contribution < -0.4 is 5.32 Å². The second-order valence-corrected chi connectivity index (χ2v) is 10.1. The van der Waals surface area contributed by atoms with E-state index in [9.17, 15) is 13.2 Å². The van der Waals surface area contributed by atoms with Gasteiger partial charge in [0.2, 0.25) is 15.9 Å². The molecule has 1 aliphatic rings. The number of benzene rings is 2. The van der Waals surface area contributed by atoms with Crippen molar-refractivity contribution in [3.05, 3.63) is 64.1 Å². The van der Waals surface area contributed by atoms with Crippen LogP contribution in [0.1, 0.15) is 24.8 Å². The van der Waals surface area contributed by atoms with E-state index in [0.717, 1.165) is 5.56 Å². The fourth-order valence-electron chi connectivity index (χ4n) is 3.47. The summed E-state index contributed by atoms with van der Waals surface area (Å²) in [4.78, 5) is 12.7. The second kappa shape index (κ2) is 9.94. The van der Waals surface area contributed by atoms with Gasteiger partial charge >= 0.3 is 0 Å². The fourth-order valence-corrected chi connectivity index (χ4v) is 5.50. The van der Waals surface area contributed by atoms with E-state index in [1.165, 1.54) is 4.31 Å². The van der Waals surface area contributed by atoms with E-state index in [2.05, 4.69) is 5.32 Å². The predicted molar refractivity (Wildman–Crippen MR) is 118 cm³/mol. The quantitative estimate of drug-likeness (QED) is 0.663. The number of aryl methyl sites for hydroxylation is 1. The first-order chi connectivity index (χ1) is 13.8. The van der Waals surface area contributed by atoms with E-state index < -0.39 is 15.9 Å². The molecule has 1 aliphatic heterocycles. The van der Waals surface area contributed by atoms with Crippen molar-refractivity contribution in [3.8, 4) is 0 Å². The Morgan fingerprint density at radius 3 is 2.62 bits per heavy atom. The highest BCUT2D eigenvalue weighted by Gasteiger charge is 2.32. The molecule has 29 heavy (non-hydrogen) atoms. The Morgan fingerprint density at radius 2 is 1.90 bits per heavy atom. The number of anilines is 1. The van der Waals surface area contributed by atoms with Crippen molar-refractivity contribution in [2.45, 2.75) is 25.7 Å². The first kappa shape index (κ1) is 22.1. The number of halogens is 2. The second-order valence-electron chi connectivity index (χ2n) is 7.22. The number of rotatable bonds is 7. The van der Waals surface area contributed by atoms with Crippen LogP contribution in [0.25, 0.3) is 0 Å². The summed E-state index contributed by atoms with van der Waals surface area (Å²) < 4.78 is 27.0. The molecule has 3 rings (SSSR count). The summed E-state index contributed by atoms with van der Waals surface area (Å²) in [5, 5.41) is 3.63. The third-order valence-electron chi connectivity index (χ3n) is 5.05. The molecule has 0 aliphatic carbocycles. The Kier molecular flexibility index (Phi) is 7.57. The van der Waals surface area contributed by atoms with Gasteiger partial charge in [0.25, 0.3) is 0 Å². The highest BCUT2D eigenvalue weighted by atomic mass is 35.5. The molecule has 0 unspecified atom stereocenters. The van der Waals surface area contributed by atoms with Gasteiger partial charge in [0, 0.05) is 18.1 Å². The summed E-state index contributed by atoms with van der Waals surface area (Å²) in [6.07, 6.45) is 2.57. The highest BCUT2D eigenvalue weighted by Crippen LogP contribution is 2.27. The number of nitrogens with one attached hydrogen (secondary N) is 1. The van der Waals surface area contributed by atoms with Crippen LogP contribution in [0, 0.1) is 5.92 Å². The lowest BCUT2D eigenvalue weighted by molar-refractivity contribution is -0.120. The molecule has 0 saturated carbocycles. The van der Waals surface area contributed by atoms with Crippen molar-refractivity contribution < 1.29 is 13.2 Å². The molecule has 1 N–H and O–H groups in total. The van der Waals surface area contributed by atoms with Crippen molar-refractivity contribution in [3.63, 3.8) is 0 Å². The average molecular weight is 455 g/mol. The molecule has 1 fully saturated rings. The lowest BCUT2D eigenvalue weighted by Crippen LogP contribution is -2.44. The molecule has 5 nitrogen and oxygen atoms in total. The van der Waals surface area contributed by atoms with Crippen LogP contribution in [-0.4, -0.2) is 37.5 Å². The molecule has 8 heteroatoms. The summed E-state index contributed by atoms with van der Waals surface area (Å²) in [5.74, 6) is -0.544. The standard InChI is InChI=1S/C21H24Cl2N2O3S/c22-18-10-11-20(19(23)14-18)24-21(26)17-9-4-12-25(15-17)29(27,28)13-5-8-16-6-2-1-3-7-16/h1-3,6-7,10-11,14,17H,4-5,8-9,12-13,15H2,(H,24,26)/t17-/m0/s1. The highest BCUT2D eigenvalue weighted by molar-refractivity contribution is 7.89. The van der Waals surface area contributed by atoms with Gasteiger partial charge in [-0.1, -0.05) is 53.5 Å². The Balaban J connectivity index is 1.56. The molecule has 0 radical (unpaired) electrons. The Labute approximate surface area is 182 Å². The zero-order valence-corrected chi connectivity index (χ0v) is 18.3. The van der Waals surface area contributed by atoms with E-state index in [-0.39, 0.29) is 18.2 Å². The minimum atomic E-state index is -3.40. The number of hydrogen-bond acceptors (Lipinski definition) is 3. The molecule has 1 saturated heterocycles. The number of amides is 1. The van der Waals surface area contributed by atoms with Gasteiger partial charge in [0.15, 0.2) is 0 Å². The number of hydrogen-bond donors (Lipinski definition) is 1. The SMILES string of the molecule is O=C(Nc1ccc(Cl)cc1Cl)[C@H]1CCCN(S(=O)(=O)CCCc2ccccc2)C1. The lowest BCUT2D eigenvalue weighted by atomic mass is 9.99. The van der Waals surface area contributed by atoms with Gasteiger partial charge in [-0.2, -0.15) is 0 Å². The fraction of sp³-hybridized carbons (Fsp3) is 0.381. The first-order valence-corrected chi connectivity index (χ1v) is 12.0. The largest absolute Gasteiger partial charge is 0.324 e. The molecule has 0 aromatic heterocycles. The van der Waals surface area contributed by atoms with E-state index in [1.54, 1.807) is 18.2 Å². The van der Waals surface area contributed by atoms with Crippen LogP contribution in [-0.2, 0) is 21.2 Å². The van der Waals surface area contributed by atoms with E-state index in [1.807, 2.05) is 30.3 Å². The maximum atomic E-state index is 12.8. The summed E-state index contributed by atoms with van der Waals surface area (Å²) in [5.41, 5.74) is 1.60. The Morgan fingerprint density at radius 1 is 1.14 bits per heavy atom. The third kappa shape index (κ3) is 6.19. The van der Waals surface area contributed by atoms with Gasteiger partial charge in [-0.25, -0.2) is 12.7 Å². The van der Waals surface area contributed by atoms with Gasteiger partial charge in [-0.05, 0) is 49.4 Å². The van der Waals surface area contributed by atoms with Crippen LogP contribution in [0.3, 0.4) is 0 Å². The van der Waals surface area contributed by atoms with E-state index in [4.69, 9.17) is 23.2 Å². The number of carbonyl (C=O) groups is 1. The molecule has 1 heterocycles. The van der Waals surface area contributed by atoms with Crippen LogP contribution in [0.15, 0.2) is 48.5 Å². The topological polar surface area (TPSA) is 66.5 Å². The van der Waals surface area contributed by atoms with Gasteiger partial charge < -0.3 is 5.32 Å².